The molecule has 1 aliphatic heterocycles. The van der Waals surface area contributed by atoms with Gasteiger partial charge in [0, 0.05) is 18.3 Å². The van der Waals surface area contributed by atoms with Crippen molar-refractivity contribution in [3.8, 4) is 0 Å². The van der Waals surface area contributed by atoms with Crippen LogP contribution in [-0.2, 0) is 9.84 Å². The average Bonchev–Trinajstić information content (AvgIpc) is 2.73. The highest BCUT2D eigenvalue weighted by Gasteiger charge is 2.33. The molecule has 2 amide bonds. The second kappa shape index (κ2) is 5.78. The molecule has 1 aromatic rings. The largest absolute Gasteiger partial charge is 0.322 e. The number of hydrogen-bond donors (Lipinski definition) is 1. The molecule has 1 aliphatic rings. The molecule has 0 spiro atoms. The summed E-state index contributed by atoms with van der Waals surface area (Å²) in [6.07, 6.45) is 0.465. The Hall–Kier alpha value is -1.63. The third kappa shape index (κ3) is 3.47. The number of amides is 2. The molecule has 20 heavy (non-hydrogen) atoms. The van der Waals surface area contributed by atoms with Crippen molar-refractivity contribution in [2.24, 2.45) is 0 Å². The molecule has 1 unspecified atom stereocenters. The van der Waals surface area contributed by atoms with E-state index >= 15 is 0 Å². The number of urea groups is 1. The molecule has 0 aromatic heterocycles. The summed E-state index contributed by atoms with van der Waals surface area (Å²) < 4.78 is 35.7. The lowest BCUT2D eigenvalue weighted by molar-refractivity contribution is 0.197. The first-order valence-corrected chi connectivity index (χ1v) is 8.27. The van der Waals surface area contributed by atoms with Crippen LogP contribution in [0.4, 0.5) is 14.9 Å². The van der Waals surface area contributed by atoms with Gasteiger partial charge < -0.3 is 10.2 Å². The zero-order chi connectivity index (χ0) is 14.8. The lowest BCUT2D eigenvalue weighted by Crippen LogP contribution is -2.43. The van der Waals surface area contributed by atoms with E-state index in [-0.39, 0.29) is 29.4 Å². The Balaban J connectivity index is 2.04. The Labute approximate surface area is 117 Å². The summed E-state index contributed by atoms with van der Waals surface area (Å²) in [5.41, 5.74) is 0.482. The number of benzene rings is 1. The van der Waals surface area contributed by atoms with Gasteiger partial charge in [-0.1, -0.05) is 0 Å². The summed E-state index contributed by atoms with van der Waals surface area (Å²) in [6.45, 7) is 2.22. The fraction of sp³-hybridized carbons (Fsp3) is 0.462. The highest BCUT2D eigenvalue weighted by molar-refractivity contribution is 7.91. The van der Waals surface area contributed by atoms with Crippen molar-refractivity contribution in [2.75, 3.05) is 23.4 Å². The summed E-state index contributed by atoms with van der Waals surface area (Å²) in [5, 5.41) is 2.65. The number of rotatable bonds is 3. The molecule has 0 radical (unpaired) electrons. The monoisotopic (exact) mass is 300 g/mol. The van der Waals surface area contributed by atoms with Gasteiger partial charge in [-0.2, -0.15) is 0 Å². The predicted octanol–water partition coefficient (Wildman–Crippen LogP) is 1.87. The maximum Gasteiger partial charge on any atom is 0.322 e. The summed E-state index contributed by atoms with van der Waals surface area (Å²) >= 11 is 0. The highest BCUT2D eigenvalue weighted by Crippen LogP contribution is 2.19. The zero-order valence-electron chi connectivity index (χ0n) is 11.2. The molecule has 1 N–H and O–H groups in total. The van der Waals surface area contributed by atoms with Gasteiger partial charge in [-0.15, -0.1) is 0 Å². The quantitative estimate of drug-likeness (QED) is 0.926. The van der Waals surface area contributed by atoms with Gasteiger partial charge in [0.1, 0.15) is 5.82 Å². The predicted molar refractivity (Wildman–Crippen MR) is 74.9 cm³/mol. The van der Waals surface area contributed by atoms with Gasteiger partial charge in [0.2, 0.25) is 0 Å². The molecule has 1 fully saturated rings. The fourth-order valence-electron chi connectivity index (χ4n) is 2.32. The molecule has 0 aliphatic carbocycles. The SMILES string of the molecule is CCN(C(=O)Nc1ccc(F)cc1)C1CCS(=O)(=O)C1. The molecular weight excluding hydrogens is 283 g/mol. The Kier molecular flexibility index (Phi) is 4.27. The molecule has 1 saturated heterocycles. The number of nitrogens with one attached hydrogen (secondary N) is 1. The Morgan fingerprint density at radius 3 is 2.55 bits per heavy atom. The fourth-order valence-corrected chi connectivity index (χ4v) is 4.05. The first-order chi connectivity index (χ1) is 9.41. The first kappa shape index (κ1) is 14.8. The minimum atomic E-state index is -3.03. The van der Waals surface area contributed by atoms with Crippen molar-refractivity contribution in [2.45, 2.75) is 19.4 Å². The van der Waals surface area contributed by atoms with E-state index in [2.05, 4.69) is 5.32 Å². The molecule has 1 atom stereocenters. The number of carbonyl (C=O) groups is 1. The van der Waals surface area contributed by atoms with Crippen molar-refractivity contribution in [1.29, 1.82) is 0 Å². The number of nitrogens with zero attached hydrogens (tertiary/aromatic N) is 1. The third-order valence-electron chi connectivity index (χ3n) is 3.35. The standard InChI is InChI=1S/C13H17FN2O3S/c1-2-16(12-7-8-20(18,19)9-12)13(17)15-11-5-3-10(14)4-6-11/h3-6,12H,2,7-9H2,1H3,(H,15,17). The molecule has 1 heterocycles. The molecule has 0 bridgehead atoms. The maximum absolute atomic E-state index is 12.8. The second-order valence-corrected chi connectivity index (χ2v) is 7.01. The Morgan fingerprint density at radius 1 is 1.40 bits per heavy atom. The van der Waals surface area contributed by atoms with E-state index in [4.69, 9.17) is 0 Å². The van der Waals surface area contributed by atoms with Gasteiger partial charge >= 0.3 is 6.03 Å². The van der Waals surface area contributed by atoms with E-state index in [0.29, 0.717) is 18.7 Å². The van der Waals surface area contributed by atoms with E-state index in [9.17, 15) is 17.6 Å². The summed E-state index contributed by atoms with van der Waals surface area (Å²) in [5.74, 6) is -0.243. The summed E-state index contributed by atoms with van der Waals surface area (Å²) in [6, 6.07) is 4.79. The van der Waals surface area contributed by atoms with E-state index in [1.54, 1.807) is 6.92 Å². The van der Waals surface area contributed by atoms with Crippen molar-refractivity contribution < 1.29 is 17.6 Å². The van der Waals surface area contributed by atoms with Crippen LogP contribution < -0.4 is 5.32 Å². The van der Waals surface area contributed by atoms with Crippen molar-refractivity contribution in [1.82, 2.24) is 4.90 Å². The number of sulfone groups is 1. The van der Waals surface area contributed by atoms with Crippen LogP contribution in [0.2, 0.25) is 0 Å². The molecule has 5 nitrogen and oxygen atoms in total. The molecule has 2 rings (SSSR count). The van der Waals surface area contributed by atoms with Crippen LogP contribution >= 0.6 is 0 Å². The van der Waals surface area contributed by atoms with Crippen molar-refractivity contribution in [3.63, 3.8) is 0 Å². The lowest BCUT2D eigenvalue weighted by Gasteiger charge is -2.27. The molecule has 110 valence electrons. The Morgan fingerprint density at radius 2 is 2.05 bits per heavy atom. The number of halogens is 1. The van der Waals surface area contributed by atoms with Crippen LogP contribution in [0.15, 0.2) is 24.3 Å². The van der Waals surface area contributed by atoms with Crippen molar-refractivity contribution in [3.05, 3.63) is 30.1 Å². The average molecular weight is 300 g/mol. The molecule has 7 heteroatoms. The second-order valence-electron chi connectivity index (χ2n) is 4.78. The van der Waals surface area contributed by atoms with Gasteiger partial charge in [-0.3, -0.25) is 0 Å². The molecule has 0 saturated carbocycles. The van der Waals surface area contributed by atoms with E-state index in [1.807, 2.05) is 0 Å². The van der Waals surface area contributed by atoms with Crippen LogP contribution in [0.5, 0.6) is 0 Å². The molecular formula is C13H17FN2O3S. The van der Waals surface area contributed by atoms with Crippen molar-refractivity contribution >= 4 is 21.6 Å². The van der Waals surface area contributed by atoms with E-state index < -0.39 is 9.84 Å². The smallest absolute Gasteiger partial charge is 0.321 e. The number of carbonyl (C=O) groups excluding carboxylic acids is 1. The van der Waals surface area contributed by atoms with Crippen LogP contribution in [0.1, 0.15) is 13.3 Å². The lowest BCUT2D eigenvalue weighted by atomic mass is 10.2. The van der Waals surface area contributed by atoms with Gasteiger partial charge in [0.15, 0.2) is 9.84 Å². The van der Waals surface area contributed by atoms with E-state index in [0.717, 1.165) is 0 Å². The number of anilines is 1. The summed E-state index contributed by atoms with van der Waals surface area (Å²) in [7, 11) is -3.03. The van der Waals surface area contributed by atoms with Crippen LogP contribution in [0, 0.1) is 5.82 Å². The van der Waals surface area contributed by atoms with Crippen LogP contribution in [-0.4, -0.2) is 43.4 Å². The maximum atomic E-state index is 12.8. The summed E-state index contributed by atoms with van der Waals surface area (Å²) in [4.78, 5) is 13.7. The van der Waals surface area contributed by atoms with Gasteiger partial charge in [-0.05, 0) is 37.6 Å². The number of hydrogen-bond acceptors (Lipinski definition) is 3. The highest BCUT2D eigenvalue weighted by atomic mass is 32.2. The van der Waals surface area contributed by atoms with Crippen LogP contribution in [0.3, 0.4) is 0 Å². The van der Waals surface area contributed by atoms with Crippen LogP contribution in [0.25, 0.3) is 0 Å². The minimum Gasteiger partial charge on any atom is -0.321 e. The van der Waals surface area contributed by atoms with Gasteiger partial charge in [-0.25, -0.2) is 17.6 Å². The topological polar surface area (TPSA) is 66.5 Å². The Bertz CT molecular complexity index is 586. The minimum absolute atomic E-state index is 0.0116. The van der Waals surface area contributed by atoms with Gasteiger partial charge in [0.25, 0.3) is 0 Å². The molecule has 1 aromatic carbocycles. The third-order valence-corrected chi connectivity index (χ3v) is 5.10. The normalized spacial score (nSPS) is 20.6. The zero-order valence-corrected chi connectivity index (χ0v) is 12.0. The first-order valence-electron chi connectivity index (χ1n) is 6.45. The van der Waals surface area contributed by atoms with Gasteiger partial charge in [0.05, 0.1) is 11.5 Å². The van der Waals surface area contributed by atoms with E-state index in [1.165, 1.54) is 29.2 Å².